The fourth-order valence-corrected chi connectivity index (χ4v) is 4.98. The van der Waals surface area contributed by atoms with Gasteiger partial charge in [0, 0.05) is 32.2 Å². The maximum Gasteiger partial charge on any atom is 0.243 e. The summed E-state index contributed by atoms with van der Waals surface area (Å²) in [7, 11) is 1.59. The van der Waals surface area contributed by atoms with Crippen molar-refractivity contribution in [3.63, 3.8) is 0 Å². The monoisotopic (exact) mass is 421 g/mol. The SMILES string of the molecule is CCCC(C)NC(=O)[C@@H]1[C@H]2C=C[C@@H](C)[C@@H](C(=O)NC)[C@H]2C(=O)N1CCCCCCO. The lowest BCUT2D eigenvalue weighted by molar-refractivity contribution is -0.140. The van der Waals surface area contributed by atoms with Gasteiger partial charge in [-0.15, -0.1) is 0 Å². The van der Waals surface area contributed by atoms with Gasteiger partial charge in [0.25, 0.3) is 0 Å². The summed E-state index contributed by atoms with van der Waals surface area (Å²) < 4.78 is 0. The predicted octanol–water partition coefficient (Wildman–Crippen LogP) is 1.86. The fraction of sp³-hybridized carbons (Fsp3) is 0.783. The number of nitrogens with zero attached hydrogens (tertiary/aromatic N) is 1. The molecule has 1 saturated heterocycles. The molecule has 170 valence electrons. The molecule has 1 fully saturated rings. The van der Waals surface area contributed by atoms with E-state index in [0.29, 0.717) is 6.54 Å². The van der Waals surface area contributed by atoms with Gasteiger partial charge in [0.15, 0.2) is 0 Å². The number of aliphatic hydroxyl groups excluding tert-OH is 1. The molecular formula is C23H39N3O4. The number of unbranched alkanes of at least 4 members (excludes halogenated alkanes) is 3. The summed E-state index contributed by atoms with van der Waals surface area (Å²) in [5, 5.41) is 14.8. The Balaban J connectivity index is 2.26. The summed E-state index contributed by atoms with van der Waals surface area (Å²) >= 11 is 0. The summed E-state index contributed by atoms with van der Waals surface area (Å²) in [4.78, 5) is 41.0. The Morgan fingerprint density at radius 2 is 1.87 bits per heavy atom. The Labute approximate surface area is 180 Å². The highest BCUT2D eigenvalue weighted by atomic mass is 16.3. The van der Waals surface area contributed by atoms with Crippen molar-refractivity contribution in [2.75, 3.05) is 20.2 Å². The van der Waals surface area contributed by atoms with E-state index in [1.54, 1.807) is 11.9 Å². The lowest BCUT2D eigenvalue weighted by atomic mass is 9.70. The van der Waals surface area contributed by atoms with Gasteiger partial charge in [0.05, 0.1) is 11.8 Å². The van der Waals surface area contributed by atoms with Crippen molar-refractivity contribution in [3.05, 3.63) is 12.2 Å². The third kappa shape index (κ3) is 5.42. The first-order chi connectivity index (χ1) is 14.4. The number of rotatable bonds is 11. The zero-order chi connectivity index (χ0) is 22.3. The number of amides is 3. The number of carbonyl (C=O) groups excluding carboxylic acids is 3. The number of carbonyl (C=O) groups is 3. The second kappa shape index (κ2) is 11.5. The van der Waals surface area contributed by atoms with Crippen molar-refractivity contribution in [3.8, 4) is 0 Å². The maximum atomic E-state index is 13.5. The third-order valence-corrected chi connectivity index (χ3v) is 6.51. The summed E-state index contributed by atoms with van der Waals surface area (Å²) in [5.74, 6) is -1.65. The van der Waals surface area contributed by atoms with E-state index in [4.69, 9.17) is 5.11 Å². The summed E-state index contributed by atoms with van der Waals surface area (Å²) in [5.41, 5.74) is 0. The second-order valence-corrected chi connectivity index (χ2v) is 8.80. The topological polar surface area (TPSA) is 98.7 Å². The molecule has 0 aromatic rings. The van der Waals surface area contributed by atoms with Crippen molar-refractivity contribution in [1.29, 1.82) is 0 Å². The van der Waals surface area contributed by atoms with Crippen molar-refractivity contribution in [2.45, 2.75) is 71.4 Å². The zero-order valence-corrected chi connectivity index (χ0v) is 18.9. The third-order valence-electron chi connectivity index (χ3n) is 6.51. The molecule has 0 bridgehead atoms. The molecule has 7 nitrogen and oxygen atoms in total. The Hall–Kier alpha value is -1.89. The maximum absolute atomic E-state index is 13.5. The van der Waals surface area contributed by atoms with Crippen LogP contribution < -0.4 is 10.6 Å². The largest absolute Gasteiger partial charge is 0.396 e. The van der Waals surface area contributed by atoms with Gasteiger partial charge in [-0.2, -0.15) is 0 Å². The smallest absolute Gasteiger partial charge is 0.243 e. The average Bonchev–Trinajstić information content (AvgIpc) is 2.99. The molecule has 3 N–H and O–H groups in total. The van der Waals surface area contributed by atoms with E-state index in [9.17, 15) is 14.4 Å². The van der Waals surface area contributed by atoms with Crippen LogP contribution in [-0.2, 0) is 14.4 Å². The van der Waals surface area contributed by atoms with Gasteiger partial charge in [-0.25, -0.2) is 0 Å². The molecule has 2 rings (SSSR count). The van der Waals surface area contributed by atoms with Crippen LogP contribution >= 0.6 is 0 Å². The van der Waals surface area contributed by atoms with Crippen LogP contribution in [0, 0.1) is 23.7 Å². The molecule has 1 unspecified atom stereocenters. The lowest BCUT2D eigenvalue weighted by Crippen LogP contribution is -2.49. The number of nitrogens with one attached hydrogen (secondary N) is 2. The van der Waals surface area contributed by atoms with Crippen molar-refractivity contribution >= 4 is 17.7 Å². The Bertz CT molecular complexity index is 636. The molecule has 1 heterocycles. The standard InChI is InChI=1S/C23H39N3O4/c1-5-10-16(3)25-22(29)20-17-12-11-15(2)18(21(28)24-4)19(17)23(30)26(20)13-8-6-7-9-14-27/h11-12,15-20,27H,5-10,13-14H2,1-4H3,(H,24,28)(H,25,29)/t15-,16?,17+,18-,19+,20+/m1/s1. The molecule has 1 aliphatic heterocycles. The number of allylic oxidation sites excluding steroid dienone is 1. The van der Waals surface area contributed by atoms with E-state index < -0.39 is 17.9 Å². The van der Waals surface area contributed by atoms with Gasteiger partial charge >= 0.3 is 0 Å². The van der Waals surface area contributed by atoms with Gasteiger partial charge < -0.3 is 20.6 Å². The van der Waals surface area contributed by atoms with Gasteiger partial charge in [-0.1, -0.05) is 45.3 Å². The van der Waals surface area contributed by atoms with Gasteiger partial charge in [0.2, 0.25) is 17.7 Å². The molecule has 6 atom stereocenters. The average molecular weight is 422 g/mol. The van der Waals surface area contributed by atoms with Crippen molar-refractivity contribution in [1.82, 2.24) is 15.5 Å². The summed E-state index contributed by atoms with van der Waals surface area (Å²) in [6.07, 6.45) is 9.14. The first-order valence-electron chi connectivity index (χ1n) is 11.5. The van der Waals surface area contributed by atoms with Crippen LogP contribution in [0.3, 0.4) is 0 Å². The summed E-state index contributed by atoms with van der Waals surface area (Å²) in [6.45, 7) is 6.69. The highest BCUT2D eigenvalue weighted by Crippen LogP contribution is 2.44. The van der Waals surface area contributed by atoms with Crippen molar-refractivity contribution in [2.24, 2.45) is 23.7 Å². The molecule has 7 heteroatoms. The molecule has 1 aliphatic carbocycles. The lowest BCUT2D eigenvalue weighted by Gasteiger charge is -2.32. The molecule has 0 aromatic carbocycles. The minimum atomic E-state index is -0.574. The van der Waals surface area contributed by atoms with Gasteiger partial charge in [0.1, 0.15) is 6.04 Å². The van der Waals surface area contributed by atoms with E-state index in [1.807, 2.05) is 26.0 Å². The molecule has 3 amide bonds. The molecule has 2 aliphatic rings. The number of hydrogen-bond acceptors (Lipinski definition) is 4. The van der Waals surface area contributed by atoms with E-state index in [2.05, 4.69) is 17.6 Å². The van der Waals surface area contributed by atoms with Crippen LogP contribution in [0.15, 0.2) is 12.2 Å². The molecule has 0 saturated carbocycles. The first kappa shape index (κ1) is 24.4. The molecule has 0 radical (unpaired) electrons. The van der Waals surface area contributed by atoms with E-state index in [0.717, 1.165) is 38.5 Å². The zero-order valence-electron chi connectivity index (χ0n) is 18.9. The number of likely N-dealkylation sites (tertiary alicyclic amines) is 1. The number of fused-ring (bicyclic) bond motifs is 1. The Kier molecular flexibility index (Phi) is 9.34. The van der Waals surface area contributed by atoms with Crippen LogP contribution in [0.2, 0.25) is 0 Å². The Morgan fingerprint density at radius 1 is 1.17 bits per heavy atom. The number of hydrogen-bond donors (Lipinski definition) is 3. The molecule has 0 spiro atoms. The fourth-order valence-electron chi connectivity index (χ4n) is 4.98. The van der Waals surface area contributed by atoms with Crippen LogP contribution in [0.1, 0.15) is 59.3 Å². The van der Waals surface area contributed by atoms with Gasteiger partial charge in [-0.05, 0) is 32.1 Å². The Morgan fingerprint density at radius 3 is 2.50 bits per heavy atom. The van der Waals surface area contributed by atoms with Crippen LogP contribution in [0.4, 0.5) is 0 Å². The molecule has 30 heavy (non-hydrogen) atoms. The van der Waals surface area contributed by atoms with E-state index >= 15 is 0 Å². The second-order valence-electron chi connectivity index (χ2n) is 8.80. The number of aliphatic hydroxyl groups is 1. The van der Waals surface area contributed by atoms with E-state index in [1.165, 1.54) is 0 Å². The highest BCUT2D eigenvalue weighted by molar-refractivity contribution is 5.96. The first-order valence-corrected chi connectivity index (χ1v) is 11.5. The summed E-state index contributed by atoms with van der Waals surface area (Å²) in [6, 6.07) is -0.528. The molecular weight excluding hydrogens is 382 g/mol. The van der Waals surface area contributed by atoms with Crippen molar-refractivity contribution < 1.29 is 19.5 Å². The molecule has 0 aromatic heterocycles. The minimum absolute atomic E-state index is 0.0456. The van der Waals surface area contributed by atoms with Crippen LogP contribution in [-0.4, -0.2) is 60.0 Å². The minimum Gasteiger partial charge on any atom is -0.396 e. The predicted molar refractivity (Wildman–Crippen MR) is 116 cm³/mol. The van der Waals surface area contributed by atoms with Gasteiger partial charge in [-0.3, -0.25) is 14.4 Å². The van der Waals surface area contributed by atoms with E-state index in [-0.39, 0.29) is 42.2 Å². The quantitative estimate of drug-likeness (QED) is 0.350. The highest BCUT2D eigenvalue weighted by Gasteiger charge is 2.56. The van der Waals surface area contributed by atoms with Crippen LogP contribution in [0.25, 0.3) is 0 Å². The van der Waals surface area contributed by atoms with Crippen LogP contribution in [0.5, 0.6) is 0 Å². The normalized spacial score (nSPS) is 28.9.